The van der Waals surface area contributed by atoms with E-state index in [0.717, 1.165) is 4.90 Å². The number of β-lactam (4-membered cyclic amide) rings is 1. The summed E-state index contributed by atoms with van der Waals surface area (Å²) in [6, 6.07) is -0.898. The number of fused-ring (bicyclic) bond motifs is 1. The van der Waals surface area contributed by atoms with Gasteiger partial charge in [-0.05, 0) is 6.92 Å². The van der Waals surface area contributed by atoms with Gasteiger partial charge in [-0.2, -0.15) is 0 Å². The van der Waals surface area contributed by atoms with Gasteiger partial charge in [0.1, 0.15) is 23.0 Å². The summed E-state index contributed by atoms with van der Waals surface area (Å²) in [5.74, 6) is -2.83. The Kier molecular flexibility index (Phi) is 7.80. The van der Waals surface area contributed by atoms with Crippen LogP contribution < -0.4 is 40.0 Å². The minimum atomic E-state index is -1.55. The number of thioether (sulfide) groups is 1. The van der Waals surface area contributed by atoms with Crippen LogP contribution in [0.25, 0.3) is 0 Å². The van der Waals surface area contributed by atoms with Crippen LogP contribution in [-0.4, -0.2) is 57.6 Å². The number of hydrogen-bond donors (Lipinski definition) is 1. The number of aromatic nitrogens is 1. The molecule has 2 aliphatic heterocycles. The monoisotopic (exact) mass is 451 g/mol. The quantitative estimate of drug-likeness (QED) is 0.261. The van der Waals surface area contributed by atoms with E-state index in [-0.39, 0.29) is 70.4 Å². The number of ether oxygens (including phenoxy) is 1. The van der Waals surface area contributed by atoms with E-state index in [2.05, 4.69) is 10.5 Å². The summed E-state index contributed by atoms with van der Waals surface area (Å²) in [6.45, 7) is 2.57. The molecule has 0 spiro atoms. The number of esters is 1. The van der Waals surface area contributed by atoms with E-state index >= 15 is 0 Å². The van der Waals surface area contributed by atoms with Gasteiger partial charge >= 0.3 is 35.5 Å². The smallest absolute Gasteiger partial charge is 0.543 e. The average molecular weight is 452 g/mol. The van der Waals surface area contributed by atoms with E-state index in [9.17, 15) is 24.3 Å². The van der Waals surface area contributed by atoms with Crippen molar-refractivity contribution in [2.75, 3.05) is 12.4 Å². The summed E-state index contributed by atoms with van der Waals surface area (Å²) in [7, 11) is 0. The molecule has 2 aliphatic rings. The fourth-order valence-corrected chi connectivity index (χ4v) is 4.32. The van der Waals surface area contributed by atoms with Gasteiger partial charge in [0.25, 0.3) is 5.91 Å². The number of rotatable bonds is 6. The van der Waals surface area contributed by atoms with Crippen molar-refractivity contribution in [3.8, 4) is 0 Å². The molecule has 13 heteroatoms. The first-order valence-electron chi connectivity index (χ1n) is 8.12. The zero-order valence-electron chi connectivity index (χ0n) is 15.8. The Morgan fingerprint density at radius 3 is 2.69 bits per heavy atom. The second-order valence-corrected chi connectivity index (χ2v) is 7.64. The third-order valence-corrected chi connectivity index (χ3v) is 6.01. The minimum absolute atomic E-state index is 0. The van der Waals surface area contributed by atoms with Crippen molar-refractivity contribution >= 4 is 47.1 Å². The number of aliphatic carboxylic acids is 1. The van der Waals surface area contributed by atoms with Crippen molar-refractivity contribution in [1.29, 1.82) is 0 Å². The third kappa shape index (κ3) is 4.80. The summed E-state index contributed by atoms with van der Waals surface area (Å²) < 4.78 is 9.80. The Morgan fingerprint density at radius 2 is 2.14 bits per heavy atom. The van der Waals surface area contributed by atoms with Crippen LogP contribution in [0.4, 0.5) is 0 Å². The Morgan fingerprint density at radius 1 is 1.45 bits per heavy atom. The van der Waals surface area contributed by atoms with E-state index in [1.54, 1.807) is 6.92 Å². The Hall–Kier alpha value is -1.53. The van der Waals surface area contributed by atoms with Crippen LogP contribution >= 0.6 is 23.4 Å². The van der Waals surface area contributed by atoms with E-state index in [4.69, 9.17) is 20.9 Å². The number of aryl methyl sites for hydroxylation is 1. The van der Waals surface area contributed by atoms with Gasteiger partial charge < -0.3 is 24.5 Å². The van der Waals surface area contributed by atoms with E-state index in [1.807, 2.05) is 0 Å². The molecule has 0 aliphatic carbocycles. The summed E-state index contributed by atoms with van der Waals surface area (Å²) >= 11 is 7.22. The number of amides is 2. The van der Waals surface area contributed by atoms with Crippen molar-refractivity contribution < 1.29 is 63.1 Å². The van der Waals surface area contributed by atoms with Gasteiger partial charge in [-0.15, -0.1) is 11.8 Å². The number of carboxylic acid groups (broad SMARTS) is 1. The van der Waals surface area contributed by atoms with Gasteiger partial charge in [-0.1, -0.05) is 16.8 Å². The molecular weight excluding hydrogens is 437 g/mol. The number of nitrogens with zero attached hydrogens (tertiary/aromatic N) is 2. The van der Waals surface area contributed by atoms with Gasteiger partial charge in [-0.3, -0.25) is 19.3 Å². The SMILES string of the molecule is CC(=O)OCC1=C(C(=O)[O-])N2C(=O)C(NC(=O)Cc3onc(C)c3Cl)[C@H]2SC1.[Na+]. The fourth-order valence-electron chi connectivity index (χ4n) is 2.86. The Bertz CT molecular complexity index is 903. The second-order valence-electron chi connectivity index (χ2n) is 6.16. The molecule has 3 rings (SSSR count). The average Bonchev–Trinajstić information content (AvgIpc) is 2.95. The van der Waals surface area contributed by atoms with Gasteiger partial charge in [0.15, 0.2) is 5.76 Å². The van der Waals surface area contributed by atoms with Crippen LogP contribution in [0.2, 0.25) is 5.02 Å². The molecule has 10 nitrogen and oxygen atoms in total. The fraction of sp³-hybridized carbons (Fsp3) is 0.438. The van der Waals surface area contributed by atoms with Gasteiger partial charge in [0.2, 0.25) is 5.91 Å². The zero-order chi connectivity index (χ0) is 20.6. The minimum Gasteiger partial charge on any atom is -0.543 e. The van der Waals surface area contributed by atoms with Gasteiger partial charge in [0, 0.05) is 18.2 Å². The van der Waals surface area contributed by atoms with Crippen LogP contribution in [0, 0.1) is 6.92 Å². The molecule has 1 unspecified atom stereocenters. The van der Waals surface area contributed by atoms with Crippen molar-refractivity contribution in [3.05, 3.63) is 27.7 Å². The molecule has 3 heterocycles. The van der Waals surface area contributed by atoms with Crippen LogP contribution in [-0.2, 0) is 30.3 Å². The molecule has 29 heavy (non-hydrogen) atoms. The molecule has 0 aromatic carbocycles. The number of nitrogens with one attached hydrogen (secondary N) is 1. The van der Waals surface area contributed by atoms with Crippen LogP contribution in [0.5, 0.6) is 0 Å². The topological polar surface area (TPSA) is 142 Å². The van der Waals surface area contributed by atoms with Crippen molar-refractivity contribution in [2.45, 2.75) is 31.7 Å². The maximum Gasteiger partial charge on any atom is 1.00 e. The summed E-state index contributed by atoms with van der Waals surface area (Å²) in [4.78, 5) is 48.2. The van der Waals surface area contributed by atoms with Crippen molar-refractivity contribution in [3.63, 3.8) is 0 Å². The standard InChI is InChI=1S/C16H16ClN3O7S.Na/c1-6-11(17)9(27-19-6)3-10(22)18-12-14(23)20-13(16(24)25)8(4-26-7(2)21)5-28-15(12)20;/h12,15H,3-5H2,1-2H3,(H,18,22)(H,24,25);/q;+1/p-1/t12?,15-;/m1./s1. The molecule has 150 valence electrons. The molecule has 1 N–H and O–H groups in total. The largest absolute Gasteiger partial charge is 1.00 e. The van der Waals surface area contributed by atoms with Gasteiger partial charge in [-0.25, -0.2) is 0 Å². The normalized spacial score (nSPS) is 20.4. The predicted octanol–water partition coefficient (Wildman–Crippen LogP) is -3.85. The first-order valence-corrected chi connectivity index (χ1v) is 9.54. The first kappa shape index (κ1) is 23.7. The number of carbonyl (C=O) groups is 4. The Labute approximate surface area is 196 Å². The summed E-state index contributed by atoms with van der Waals surface area (Å²) in [5.41, 5.74) is 0.384. The first-order chi connectivity index (χ1) is 13.2. The molecule has 2 atom stereocenters. The van der Waals surface area contributed by atoms with E-state index < -0.39 is 35.2 Å². The maximum atomic E-state index is 12.5. The number of carboxylic acids is 1. The summed E-state index contributed by atoms with van der Waals surface area (Å²) in [5, 5.41) is 17.4. The maximum absolute atomic E-state index is 12.5. The van der Waals surface area contributed by atoms with Crippen LogP contribution in [0.15, 0.2) is 15.8 Å². The zero-order valence-corrected chi connectivity index (χ0v) is 19.4. The second kappa shape index (κ2) is 9.52. The molecular formula is C16H15ClN3NaO7S. The van der Waals surface area contributed by atoms with Gasteiger partial charge in [0.05, 0.1) is 23.8 Å². The molecule has 1 aromatic rings. The molecule has 0 radical (unpaired) electrons. The number of halogens is 1. The number of hydrogen-bond acceptors (Lipinski definition) is 9. The van der Waals surface area contributed by atoms with Crippen LogP contribution in [0.3, 0.4) is 0 Å². The predicted molar refractivity (Wildman–Crippen MR) is 93.6 cm³/mol. The van der Waals surface area contributed by atoms with E-state index in [0.29, 0.717) is 5.69 Å². The van der Waals surface area contributed by atoms with Crippen molar-refractivity contribution in [2.24, 2.45) is 0 Å². The Balaban J connectivity index is 0.00000300. The molecule has 1 saturated heterocycles. The van der Waals surface area contributed by atoms with E-state index in [1.165, 1.54) is 18.7 Å². The third-order valence-electron chi connectivity index (χ3n) is 4.18. The number of carbonyl (C=O) groups excluding carboxylic acids is 4. The molecule has 0 bridgehead atoms. The summed E-state index contributed by atoms with van der Waals surface area (Å²) in [6.07, 6.45) is -0.207. The molecule has 2 amide bonds. The van der Waals surface area contributed by atoms with Crippen LogP contribution in [0.1, 0.15) is 18.4 Å². The molecule has 1 aromatic heterocycles. The molecule has 0 saturated carbocycles. The molecule has 1 fully saturated rings. The van der Waals surface area contributed by atoms with Crippen molar-refractivity contribution in [1.82, 2.24) is 15.4 Å².